The number of hydrogen-bond donors (Lipinski definition) is 2. The first-order valence-corrected chi connectivity index (χ1v) is 9.91. The molecule has 6 nitrogen and oxygen atoms in total. The Kier molecular flexibility index (Phi) is 6.92. The minimum absolute atomic E-state index is 0.310. The number of halogens is 1. The molecule has 0 saturated heterocycles. The maximum atomic E-state index is 13.7. The lowest BCUT2D eigenvalue weighted by atomic mass is 10.1. The van der Waals surface area contributed by atoms with Crippen LogP contribution in [0.25, 0.3) is 0 Å². The molecule has 2 aromatic carbocycles. The predicted molar refractivity (Wildman–Crippen MR) is 101 cm³/mol. The second-order valence-corrected chi connectivity index (χ2v) is 7.81. The average Bonchev–Trinajstić information content (AvgIpc) is 2.61. The van der Waals surface area contributed by atoms with Crippen LogP contribution in [0, 0.1) is 12.7 Å². The molecule has 2 aromatic rings. The van der Waals surface area contributed by atoms with E-state index in [0.29, 0.717) is 13.0 Å². The van der Waals surface area contributed by atoms with Gasteiger partial charge < -0.3 is 10.1 Å². The topological polar surface area (TPSA) is 84.5 Å². The number of aryl methyl sites for hydroxylation is 1. The molecule has 0 radical (unpaired) electrons. The Labute approximate surface area is 158 Å². The van der Waals surface area contributed by atoms with E-state index in [4.69, 9.17) is 4.74 Å². The molecule has 0 aliphatic heterocycles. The lowest BCUT2D eigenvalue weighted by molar-refractivity contribution is -0.122. The first-order valence-electron chi connectivity index (χ1n) is 8.42. The molecule has 27 heavy (non-hydrogen) atoms. The summed E-state index contributed by atoms with van der Waals surface area (Å²) in [5, 5.41) is 2.68. The number of hydrogen-bond acceptors (Lipinski definition) is 4. The van der Waals surface area contributed by atoms with Crippen LogP contribution in [0.1, 0.15) is 18.1 Å². The van der Waals surface area contributed by atoms with Gasteiger partial charge >= 0.3 is 0 Å². The molecule has 0 spiro atoms. The third-order valence-corrected chi connectivity index (χ3v) is 5.55. The van der Waals surface area contributed by atoms with Gasteiger partial charge in [-0.1, -0.05) is 29.8 Å². The highest BCUT2D eigenvalue weighted by molar-refractivity contribution is 7.89. The molecule has 0 aromatic heterocycles. The third-order valence-electron chi connectivity index (χ3n) is 3.98. The van der Waals surface area contributed by atoms with Crippen molar-refractivity contribution in [1.82, 2.24) is 10.0 Å². The number of ether oxygens (including phenoxy) is 1. The van der Waals surface area contributed by atoms with Crippen molar-refractivity contribution in [3.05, 3.63) is 59.4 Å². The Bertz CT molecular complexity index is 916. The summed E-state index contributed by atoms with van der Waals surface area (Å²) in [4.78, 5) is 11.7. The molecular formula is C19H23FN2O4S. The zero-order valence-electron chi connectivity index (χ0n) is 15.5. The zero-order valence-corrected chi connectivity index (χ0v) is 16.3. The van der Waals surface area contributed by atoms with Crippen LogP contribution in [0.5, 0.6) is 5.75 Å². The third kappa shape index (κ3) is 5.51. The number of rotatable bonds is 8. The molecule has 146 valence electrons. The average molecular weight is 394 g/mol. The van der Waals surface area contributed by atoms with Crippen molar-refractivity contribution in [2.45, 2.75) is 31.2 Å². The fraction of sp³-hybridized carbons (Fsp3) is 0.316. The molecule has 2 N–H and O–H groups in total. The van der Waals surface area contributed by atoms with Crippen molar-refractivity contribution in [3.63, 3.8) is 0 Å². The Morgan fingerprint density at radius 1 is 1.22 bits per heavy atom. The van der Waals surface area contributed by atoms with E-state index in [1.54, 1.807) is 7.11 Å². The van der Waals surface area contributed by atoms with Crippen LogP contribution in [0.2, 0.25) is 0 Å². The van der Waals surface area contributed by atoms with E-state index in [1.165, 1.54) is 19.1 Å². The van der Waals surface area contributed by atoms with Gasteiger partial charge in [-0.05, 0) is 44.0 Å². The normalized spacial score (nSPS) is 12.4. The summed E-state index contributed by atoms with van der Waals surface area (Å²) in [5.74, 6) is -0.645. The summed E-state index contributed by atoms with van der Waals surface area (Å²) in [5.41, 5.74) is 2.01. The molecule has 0 bridgehead atoms. The summed E-state index contributed by atoms with van der Waals surface area (Å²) in [6.07, 6.45) is 0.531. The maximum absolute atomic E-state index is 13.7. The van der Waals surface area contributed by atoms with E-state index in [1.807, 2.05) is 25.1 Å². The second-order valence-electron chi connectivity index (χ2n) is 6.13. The molecule has 0 fully saturated rings. The van der Waals surface area contributed by atoms with E-state index in [2.05, 4.69) is 10.0 Å². The summed E-state index contributed by atoms with van der Waals surface area (Å²) in [7, 11) is -2.56. The van der Waals surface area contributed by atoms with Gasteiger partial charge in [-0.15, -0.1) is 0 Å². The Hall–Kier alpha value is -2.45. The first-order chi connectivity index (χ1) is 12.7. The lowest BCUT2D eigenvalue weighted by Crippen LogP contribution is -2.45. The fourth-order valence-corrected chi connectivity index (χ4v) is 3.87. The summed E-state index contributed by atoms with van der Waals surface area (Å²) < 4.78 is 45.7. The SMILES string of the molecule is COc1ccc(C)cc1CCNC(=O)[C@H](C)NS(=O)(=O)c1ccccc1F. The van der Waals surface area contributed by atoms with Crippen molar-refractivity contribution < 1.29 is 22.3 Å². The van der Waals surface area contributed by atoms with Gasteiger partial charge in [0.05, 0.1) is 13.2 Å². The highest BCUT2D eigenvalue weighted by atomic mass is 32.2. The van der Waals surface area contributed by atoms with Crippen LogP contribution in [-0.2, 0) is 21.2 Å². The van der Waals surface area contributed by atoms with E-state index >= 15 is 0 Å². The first kappa shape index (κ1) is 20.9. The minimum Gasteiger partial charge on any atom is -0.496 e. The number of methoxy groups -OCH3 is 1. The lowest BCUT2D eigenvalue weighted by Gasteiger charge is -2.15. The summed E-state index contributed by atoms with van der Waals surface area (Å²) >= 11 is 0. The van der Waals surface area contributed by atoms with Gasteiger partial charge in [0.1, 0.15) is 16.5 Å². The molecule has 2 rings (SSSR count). The Morgan fingerprint density at radius 3 is 2.59 bits per heavy atom. The molecule has 0 heterocycles. The number of sulfonamides is 1. The highest BCUT2D eigenvalue weighted by Crippen LogP contribution is 2.19. The Balaban J connectivity index is 1.95. The second kappa shape index (κ2) is 8.96. The van der Waals surface area contributed by atoms with Gasteiger partial charge in [-0.25, -0.2) is 12.8 Å². The van der Waals surface area contributed by atoms with Gasteiger partial charge in [0.15, 0.2) is 0 Å². The largest absolute Gasteiger partial charge is 0.496 e. The molecule has 0 aliphatic rings. The molecule has 8 heteroatoms. The van der Waals surface area contributed by atoms with Crippen LogP contribution in [-0.4, -0.2) is 34.0 Å². The van der Waals surface area contributed by atoms with Crippen LogP contribution in [0.4, 0.5) is 4.39 Å². The van der Waals surface area contributed by atoms with E-state index in [-0.39, 0.29) is 0 Å². The van der Waals surface area contributed by atoms with Gasteiger partial charge in [0.2, 0.25) is 15.9 Å². The van der Waals surface area contributed by atoms with Crippen molar-refractivity contribution >= 4 is 15.9 Å². The molecule has 1 amide bonds. The monoisotopic (exact) mass is 394 g/mol. The number of carbonyl (C=O) groups is 1. The van der Waals surface area contributed by atoms with Crippen LogP contribution in [0.3, 0.4) is 0 Å². The van der Waals surface area contributed by atoms with E-state index in [9.17, 15) is 17.6 Å². The standard InChI is InChI=1S/C19H23FN2O4S/c1-13-8-9-17(26-3)15(12-13)10-11-21-19(23)14(2)22-27(24,25)18-7-5-4-6-16(18)20/h4-9,12,14,22H,10-11H2,1-3H3,(H,21,23)/t14-/m0/s1. The number of carbonyl (C=O) groups excluding carboxylic acids is 1. The van der Waals surface area contributed by atoms with Gasteiger partial charge in [-0.2, -0.15) is 4.72 Å². The van der Waals surface area contributed by atoms with Crippen LogP contribution >= 0.6 is 0 Å². The van der Waals surface area contributed by atoms with Gasteiger partial charge in [0, 0.05) is 6.54 Å². The minimum atomic E-state index is -4.13. The maximum Gasteiger partial charge on any atom is 0.244 e. The smallest absolute Gasteiger partial charge is 0.244 e. The van der Waals surface area contributed by atoms with Crippen molar-refractivity contribution in [2.75, 3.05) is 13.7 Å². The molecule has 0 aliphatic carbocycles. The number of benzene rings is 2. The Morgan fingerprint density at radius 2 is 1.93 bits per heavy atom. The molecule has 0 saturated carbocycles. The quantitative estimate of drug-likeness (QED) is 0.719. The predicted octanol–water partition coefficient (Wildman–Crippen LogP) is 2.17. The number of amides is 1. The van der Waals surface area contributed by atoms with Crippen LogP contribution < -0.4 is 14.8 Å². The molecule has 1 atom stereocenters. The van der Waals surface area contributed by atoms with Gasteiger partial charge in [0.25, 0.3) is 0 Å². The summed E-state index contributed by atoms with van der Waals surface area (Å²) in [6.45, 7) is 3.67. The molecular weight excluding hydrogens is 371 g/mol. The summed E-state index contributed by atoms with van der Waals surface area (Å²) in [6, 6.07) is 9.71. The van der Waals surface area contributed by atoms with E-state index < -0.39 is 32.7 Å². The fourth-order valence-electron chi connectivity index (χ4n) is 2.59. The van der Waals surface area contributed by atoms with Gasteiger partial charge in [-0.3, -0.25) is 4.79 Å². The van der Waals surface area contributed by atoms with Crippen molar-refractivity contribution in [2.24, 2.45) is 0 Å². The van der Waals surface area contributed by atoms with E-state index in [0.717, 1.165) is 29.0 Å². The van der Waals surface area contributed by atoms with Crippen molar-refractivity contribution in [1.29, 1.82) is 0 Å². The highest BCUT2D eigenvalue weighted by Gasteiger charge is 2.24. The van der Waals surface area contributed by atoms with Crippen LogP contribution in [0.15, 0.2) is 47.4 Å². The molecule has 0 unspecified atom stereocenters. The van der Waals surface area contributed by atoms with Crippen molar-refractivity contribution in [3.8, 4) is 5.75 Å². The zero-order chi connectivity index (χ0) is 20.0. The number of nitrogens with one attached hydrogen (secondary N) is 2.